The predicted molar refractivity (Wildman–Crippen MR) is 75.9 cm³/mol. The second-order valence-corrected chi connectivity index (χ2v) is 6.75. The van der Waals surface area contributed by atoms with E-state index in [0.29, 0.717) is 0 Å². The fourth-order valence-electron chi connectivity index (χ4n) is 0.866. The van der Waals surface area contributed by atoms with E-state index in [1.807, 2.05) is 0 Å². The van der Waals surface area contributed by atoms with Crippen LogP contribution in [0.4, 0.5) is 4.79 Å². The van der Waals surface area contributed by atoms with Crippen LogP contribution in [0.15, 0.2) is 0 Å². The van der Waals surface area contributed by atoms with E-state index in [4.69, 9.17) is 20.4 Å². The third kappa shape index (κ3) is 8.50. The maximum Gasteiger partial charge on any atom is 0.407 e. The molecular formula is C11H19B2NO3S. The molecule has 0 aromatic rings. The highest BCUT2D eigenvalue weighted by Crippen LogP contribution is 2.22. The molecule has 0 unspecified atom stereocenters. The summed E-state index contributed by atoms with van der Waals surface area (Å²) in [5.74, 6) is -0.164. The molecule has 0 aliphatic carbocycles. The van der Waals surface area contributed by atoms with Crippen molar-refractivity contribution in [2.75, 3.05) is 6.54 Å². The van der Waals surface area contributed by atoms with Gasteiger partial charge in [0.05, 0.1) is 15.7 Å². The van der Waals surface area contributed by atoms with E-state index in [0.717, 1.165) is 11.8 Å². The number of alkyl carbamates (subject to hydrolysis) is 1. The smallest absolute Gasteiger partial charge is 0.407 e. The third-order valence-electron chi connectivity index (χ3n) is 1.67. The zero-order chi connectivity index (χ0) is 14.6. The Balaban J connectivity index is 4.19. The van der Waals surface area contributed by atoms with Crippen LogP contribution in [0, 0.1) is 5.92 Å². The highest BCUT2D eigenvalue weighted by molar-refractivity contribution is 8.16. The lowest BCUT2D eigenvalue weighted by Crippen LogP contribution is -2.44. The molecule has 0 aliphatic rings. The van der Waals surface area contributed by atoms with Gasteiger partial charge in [-0.1, -0.05) is 25.6 Å². The van der Waals surface area contributed by atoms with Gasteiger partial charge in [0.15, 0.2) is 5.12 Å². The molecule has 18 heavy (non-hydrogen) atoms. The Morgan fingerprint density at radius 3 is 2.17 bits per heavy atom. The predicted octanol–water partition coefficient (Wildman–Crippen LogP) is 1.42. The standard InChI is InChI=1S/C11H19B2NO3S/c1-7(2)8(15)18-11(12,13)6-14-9(16)17-10(3,4)5/h7H,6H2,1-5H3,(H,14,16). The van der Waals surface area contributed by atoms with Crippen LogP contribution >= 0.6 is 11.8 Å². The summed E-state index contributed by atoms with van der Waals surface area (Å²) in [7, 11) is 11.4. The van der Waals surface area contributed by atoms with Crippen molar-refractivity contribution in [1.29, 1.82) is 0 Å². The van der Waals surface area contributed by atoms with Gasteiger partial charge in [-0.05, 0) is 25.3 Å². The second-order valence-electron chi connectivity index (χ2n) is 5.39. The Hall–Kier alpha value is -0.580. The van der Waals surface area contributed by atoms with Crippen molar-refractivity contribution in [2.24, 2.45) is 5.92 Å². The molecule has 0 aromatic carbocycles. The van der Waals surface area contributed by atoms with Gasteiger partial charge in [0, 0.05) is 12.5 Å². The molecule has 1 N–H and O–H groups in total. The van der Waals surface area contributed by atoms with Crippen molar-refractivity contribution in [3.8, 4) is 0 Å². The van der Waals surface area contributed by atoms with Gasteiger partial charge in [-0.15, -0.1) is 0 Å². The number of rotatable bonds is 4. The maximum atomic E-state index is 11.5. The molecule has 0 saturated carbocycles. The van der Waals surface area contributed by atoms with E-state index >= 15 is 0 Å². The van der Waals surface area contributed by atoms with Crippen molar-refractivity contribution >= 4 is 38.7 Å². The summed E-state index contributed by atoms with van der Waals surface area (Å²) in [4.78, 5) is 22.9. The zero-order valence-corrected chi connectivity index (χ0v) is 12.4. The lowest BCUT2D eigenvalue weighted by molar-refractivity contribution is -0.113. The van der Waals surface area contributed by atoms with Crippen LogP contribution in [0.5, 0.6) is 0 Å². The Labute approximate surface area is 116 Å². The highest BCUT2D eigenvalue weighted by atomic mass is 32.2. The van der Waals surface area contributed by atoms with Crippen molar-refractivity contribution < 1.29 is 14.3 Å². The van der Waals surface area contributed by atoms with Crippen molar-refractivity contribution in [1.82, 2.24) is 5.32 Å². The summed E-state index contributed by atoms with van der Waals surface area (Å²) in [5.41, 5.74) is -0.586. The van der Waals surface area contributed by atoms with Gasteiger partial charge in [-0.25, -0.2) is 4.79 Å². The van der Waals surface area contributed by atoms with Crippen LogP contribution in [0.2, 0.25) is 0 Å². The molecule has 98 valence electrons. The SMILES string of the molecule is [B]C([B])(CNC(=O)OC(C)(C)C)SC(=O)C(C)C. The van der Waals surface area contributed by atoms with Gasteiger partial charge in [0.25, 0.3) is 0 Å². The van der Waals surface area contributed by atoms with Crippen molar-refractivity contribution in [3.63, 3.8) is 0 Å². The van der Waals surface area contributed by atoms with Gasteiger partial charge in [-0.2, -0.15) is 0 Å². The molecule has 0 aliphatic heterocycles. The quantitative estimate of drug-likeness (QED) is 0.782. The number of nitrogens with one attached hydrogen (secondary N) is 1. The minimum Gasteiger partial charge on any atom is -0.444 e. The normalized spacial score (nSPS) is 12.3. The molecule has 0 bridgehead atoms. The van der Waals surface area contributed by atoms with Crippen LogP contribution in [0.25, 0.3) is 0 Å². The fraction of sp³-hybridized carbons (Fsp3) is 0.818. The summed E-state index contributed by atoms with van der Waals surface area (Å²) in [6.45, 7) is 8.72. The minimum absolute atomic E-state index is 0.0506. The summed E-state index contributed by atoms with van der Waals surface area (Å²) >= 11 is 0.816. The monoisotopic (exact) mass is 267 g/mol. The molecule has 0 heterocycles. The Bertz CT molecular complexity index is 314. The number of carbonyl (C=O) groups excluding carboxylic acids is 2. The van der Waals surface area contributed by atoms with Gasteiger partial charge in [-0.3, -0.25) is 4.79 Å². The van der Waals surface area contributed by atoms with Crippen LogP contribution in [0.1, 0.15) is 34.6 Å². The first-order valence-electron chi connectivity index (χ1n) is 5.70. The Morgan fingerprint density at radius 1 is 1.28 bits per heavy atom. The van der Waals surface area contributed by atoms with Crippen LogP contribution in [0.3, 0.4) is 0 Å². The molecule has 0 saturated heterocycles. The molecule has 0 spiro atoms. The lowest BCUT2D eigenvalue weighted by atomic mass is 9.69. The first kappa shape index (κ1) is 17.4. The summed E-state index contributed by atoms with van der Waals surface area (Å²) in [6, 6.07) is 0. The number of thioether (sulfide) groups is 1. The average Bonchev–Trinajstić information content (AvgIpc) is 2.11. The first-order valence-corrected chi connectivity index (χ1v) is 6.52. The summed E-state index contributed by atoms with van der Waals surface area (Å²) in [6.07, 6.45) is -0.611. The molecule has 4 nitrogen and oxygen atoms in total. The number of carbonyl (C=O) groups is 2. The van der Waals surface area contributed by atoms with Crippen LogP contribution in [-0.4, -0.2) is 43.6 Å². The van der Waals surface area contributed by atoms with E-state index < -0.39 is 16.2 Å². The highest BCUT2D eigenvalue weighted by Gasteiger charge is 2.25. The molecule has 4 radical (unpaired) electrons. The summed E-state index contributed by atoms with van der Waals surface area (Å²) < 4.78 is 3.70. The van der Waals surface area contributed by atoms with E-state index in [9.17, 15) is 9.59 Å². The number of hydrogen-bond acceptors (Lipinski definition) is 4. The fourth-order valence-corrected chi connectivity index (χ4v) is 1.62. The van der Waals surface area contributed by atoms with Crippen LogP contribution < -0.4 is 5.32 Å². The van der Waals surface area contributed by atoms with E-state index in [-0.39, 0.29) is 17.6 Å². The van der Waals surface area contributed by atoms with Gasteiger partial charge in [0.2, 0.25) is 0 Å². The number of amides is 1. The molecule has 0 atom stereocenters. The van der Waals surface area contributed by atoms with Gasteiger partial charge >= 0.3 is 6.09 Å². The van der Waals surface area contributed by atoms with E-state index in [2.05, 4.69) is 5.32 Å². The third-order valence-corrected chi connectivity index (χ3v) is 2.87. The van der Waals surface area contributed by atoms with Gasteiger partial charge < -0.3 is 10.1 Å². The topological polar surface area (TPSA) is 55.4 Å². The molecule has 0 fully saturated rings. The van der Waals surface area contributed by atoms with Gasteiger partial charge in [0.1, 0.15) is 5.60 Å². The maximum absolute atomic E-state index is 11.5. The Morgan fingerprint density at radius 2 is 1.78 bits per heavy atom. The number of ether oxygens (including phenoxy) is 1. The second kappa shape index (κ2) is 6.55. The zero-order valence-electron chi connectivity index (χ0n) is 11.6. The summed E-state index contributed by atoms with van der Waals surface area (Å²) in [5, 5.41) is 2.32. The molecule has 0 aromatic heterocycles. The Kier molecular flexibility index (Phi) is 6.34. The number of hydrogen-bond donors (Lipinski definition) is 1. The van der Waals surface area contributed by atoms with Crippen molar-refractivity contribution in [2.45, 2.75) is 44.8 Å². The molecule has 1 amide bonds. The lowest BCUT2D eigenvalue weighted by Gasteiger charge is -2.26. The van der Waals surface area contributed by atoms with Crippen molar-refractivity contribution in [3.05, 3.63) is 0 Å². The van der Waals surface area contributed by atoms with E-state index in [1.165, 1.54) is 0 Å². The molecule has 7 heteroatoms. The average molecular weight is 267 g/mol. The minimum atomic E-state index is -1.34. The van der Waals surface area contributed by atoms with Crippen LogP contribution in [-0.2, 0) is 9.53 Å². The molecular weight excluding hydrogens is 248 g/mol. The molecule has 0 rings (SSSR count). The first-order chi connectivity index (χ1) is 7.93. The van der Waals surface area contributed by atoms with E-state index in [1.54, 1.807) is 34.6 Å². The largest absolute Gasteiger partial charge is 0.444 e.